The summed E-state index contributed by atoms with van der Waals surface area (Å²) in [6.07, 6.45) is 11.0. The number of pyridine rings is 1. The molecule has 4 saturated carbocycles. The molecular formula is C20H26N2O3. The zero-order valence-electron chi connectivity index (χ0n) is 14.7. The molecule has 4 bridgehead atoms. The molecule has 1 heterocycles. The maximum atomic E-state index is 12.3. The summed E-state index contributed by atoms with van der Waals surface area (Å²) in [6, 6.07) is 3.31. The third-order valence-electron chi connectivity index (χ3n) is 6.63. The molecule has 5 rings (SSSR count). The van der Waals surface area contributed by atoms with Gasteiger partial charge in [-0.1, -0.05) is 0 Å². The summed E-state index contributed by atoms with van der Waals surface area (Å²) in [6.45, 7) is 1.91. The topological polar surface area (TPSA) is 68.3 Å². The van der Waals surface area contributed by atoms with Gasteiger partial charge in [-0.05, 0) is 80.8 Å². The molecule has 134 valence electrons. The van der Waals surface area contributed by atoms with E-state index in [-0.39, 0.29) is 24.0 Å². The molecule has 1 aromatic heterocycles. The van der Waals surface area contributed by atoms with Crippen molar-refractivity contribution < 1.29 is 14.3 Å². The molecule has 1 aromatic rings. The van der Waals surface area contributed by atoms with Crippen molar-refractivity contribution >= 4 is 11.9 Å². The molecule has 0 aliphatic heterocycles. The van der Waals surface area contributed by atoms with Gasteiger partial charge < -0.3 is 10.1 Å². The van der Waals surface area contributed by atoms with E-state index in [1.165, 1.54) is 50.9 Å². The lowest BCUT2D eigenvalue weighted by atomic mass is 9.48. The van der Waals surface area contributed by atoms with E-state index in [0.717, 1.165) is 17.8 Å². The first-order valence-corrected chi connectivity index (χ1v) is 9.40. The lowest BCUT2D eigenvalue weighted by molar-refractivity contribution is -0.128. The quantitative estimate of drug-likeness (QED) is 0.835. The minimum atomic E-state index is -0.486. The number of amides is 1. The second-order valence-corrected chi connectivity index (χ2v) is 8.38. The molecule has 4 fully saturated rings. The van der Waals surface area contributed by atoms with Crippen molar-refractivity contribution in [1.82, 2.24) is 10.3 Å². The van der Waals surface area contributed by atoms with Crippen molar-refractivity contribution in [3.05, 3.63) is 30.1 Å². The normalized spacial score (nSPS) is 33.7. The molecule has 4 aliphatic rings. The number of aromatic nitrogens is 1. The van der Waals surface area contributed by atoms with E-state index in [4.69, 9.17) is 4.74 Å². The van der Waals surface area contributed by atoms with Gasteiger partial charge in [-0.2, -0.15) is 0 Å². The lowest BCUT2D eigenvalue weighted by Crippen LogP contribution is -2.56. The Morgan fingerprint density at radius 3 is 2.28 bits per heavy atom. The van der Waals surface area contributed by atoms with Gasteiger partial charge in [0.05, 0.1) is 5.56 Å². The van der Waals surface area contributed by atoms with Gasteiger partial charge in [0, 0.05) is 18.4 Å². The van der Waals surface area contributed by atoms with Gasteiger partial charge >= 0.3 is 5.97 Å². The summed E-state index contributed by atoms with van der Waals surface area (Å²) in [5.41, 5.74) is 0.677. The SMILES string of the molecule is C[C@@H](NC(=O)COC(=O)c1ccncc1)C12CC3CC(CC(C3)C1)C2. The molecule has 25 heavy (non-hydrogen) atoms. The monoisotopic (exact) mass is 342 g/mol. The molecule has 0 radical (unpaired) electrons. The Labute approximate surface area is 148 Å². The second kappa shape index (κ2) is 6.43. The highest BCUT2D eigenvalue weighted by Crippen LogP contribution is 2.61. The summed E-state index contributed by atoms with van der Waals surface area (Å²) >= 11 is 0. The highest BCUT2D eigenvalue weighted by molar-refractivity contribution is 5.91. The molecule has 1 atom stereocenters. The predicted octanol–water partition coefficient (Wildman–Crippen LogP) is 2.96. The number of nitrogens with one attached hydrogen (secondary N) is 1. The zero-order valence-corrected chi connectivity index (χ0v) is 14.7. The van der Waals surface area contributed by atoms with Crippen molar-refractivity contribution in [1.29, 1.82) is 0 Å². The largest absolute Gasteiger partial charge is 0.452 e. The number of carbonyl (C=O) groups is 2. The van der Waals surface area contributed by atoms with Crippen molar-refractivity contribution in [3.8, 4) is 0 Å². The van der Waals surface area contributed by atoms with Crippen LogP contribution in [0.2, 0.25) is 0 Å². The number of esters is 1. The third kappa shape index (κ3) is 3.29. The molecule has 0 saturated heterocycles. The fourth-order valence-electron chi connectivity index (χ4n) is 5.85. The van der Waals surface area contributed by atoms with Gasteiger partial charge in [0.25, 0.3) is 5.91 Å². The van der Waals surface area contributed by atoms with Gasteiger partial charge in [-0.15, -0.1) is 0 Å². The number of nitrogens with zero attached hydrogens (tertiary/aromatic N) is 1. The van der Waals surface area contributed by atoms with E-state index in [1.807, 2.05) is 0 Å². The maximum absolute atomic E-state index is 12.3. The molecule has 5 heteroatoms. The Kier molecular flexibility index (Phi) is 4.26. The fraction of sp³-hybridized carbons (Fsp3) is 0.650. The van der Waals surface area contributed by atoms with Crippen LogP contribution in [-0.2, 0) is 9.53 Å². The van der Waals surface area contributed by atoms with Crippen LogP contribution in [0.3, 0.4) is 0 Å². The van der Waals surface area contributed by atoms with E-state index in [2.05, 4.69) is 17.2 Å². The molecule has 0 spiro atoms. The minimum Gasteiger partial charge on any atom is -0.452 e. The van der Waals surface area contributed by atoms with E-state index in [1.54, 1.807) is 12.1 Å². The molecule has 4 aliphatic carbocycles. The van der Waals surface area contributed by atoms with Crippen molar-refractivity contribution in [2.45, 2.75) is 51.5 Å². The van der Waals surface area contributed by atoms with Crippen LogP contribution < -0.4 is 5.32 Å². The molecule has 1 amide bonds. The van der Waals surface area contributed by atoms with E-state index in [0.29, 0.717) is 5.56 Å². The molecular weight excluding hydrogens is 316 g/mol. The summed E-state index contributed by atoms with van der Waals surface area (Å²) < 4.78 is 5.13. The number of carbonyl (C=O) groups excluding carboxylic acids is 2. The van der Waals surface area contributed by atoms with Crippen LogP contribution in [0.25, 0.3) is 0 Å². The Balaban J connectivity index is 1.31. The third-order valence-corrected chi connectivity index (χ3v) is 6.63. The summed E-state index contributed by atoms with van der Waals surface area (Å²) in [5.74, 6) is 1.88. The standard InChI is InChI=1S/C20H26N2O3/c1-13(20-9-14-6-15(10-20)8-16(7-14)11-20)22-18(23)12-25-19(24)17-2-4-21-5-3-17/h2-5,13-16H,6-12H2,1H3,(H,22,23)/t13-,14?,15?,16?,20?/m1/s1. The highest BCUT2D eigenvalue weighted by Gasteiger charge is 2.53. The average molecular weight is 342 g/mol. The molecule has 0 unspecified atom stereocenters. The summed E-state index contributed by atoms with van der Waals surface area (Å²) in [7, 11) is 0. The predicted molar refractivity (Wildman–Crippen MR) is 92.7 cm³/mol. The van der Waals surface area contributed by atoms with Gasteiger partial charge in [0.2, 0.25) is 0 Å². The Morgan fingerprint density at radius 2 is 1.72 bits per heavy atom. The number of hydrogen-bond donors (Lipinski definition) is 1. The fourth-order valence-corrected chi connectivity index (χ4v) is 5.85. The highest BCUT2D eigenvalue weighted by atomic mass is 16.5. The van der Waals surface area contributed by atoms with Crippen LogP contribution in [0, 0.1) is 23.2 Å². The van der Waals surface area contributed by atoms with Crippen LogP contribution >= 0.6 is 0 Å². The molecule has 1 N–H and O–H groups in total. The second-order valence-electron chi connectivity index (χ2n) is 8.38. The molecule has 5 nitrogen and oxygen atoms in total. The Morgan fingerprint density at radius 1 is 1.16 bits per heavy atom. The maximum Gasteiger partial charge on any atom is 0.338 e. The van der Waals surface area contributed by atoms with Gasteiger partial charge in [-0.25, -0.2) is 4.79 Å². The van der Waals surface area contributed by atoms with Crippen LogP contribution in [-0.4, -0.2) is 29.5 Å². The van der Waals surface area contributed by atoms with Crippen molar-refractivity contribution in [2.24, 2.45) is 23.2 Å². The zero-order chi connectivity index (χ0) is 17.4. The van der Waals surface area contributed by atoms with Crippen molar-refractivity contribution in [2.75, 3.05) is 6.61 Å². The van der Waals surface area contributed by atoms with Crippen LogP contribution in [0.5, 0.6) is 0 Å². The van der Waals surface area contributed by atoms with Gasteiger partial charge in [0.15, 0.2) is 6.61 Å². The number of ether oxygens (including phenoxy) is 1. The van der Waals surface area contributed by atoms with Crippen LogP contribution in [0.1, 0.15) is 55.8 Å². The van der Waals surface area contributed by atoms with Crippen molar-refractivity contribution in [3.63, 3.8) is 0 Å². The van der Waals surface area contributed by atoms with E-state index >= 15 is 0 Å². The van der Waals surface area contributed by atoms with Gasteiger partial charge in [0.1, 0.15) is 0 Å². The summed E-state index contributed by atoms with van der Waals surface area (Å²) in [4.78, 5) is 28.1. The minimum absolute atomic E-state index is 0.146. The van der Waals surface area contributed by atoms with Crippen LogP contribution in [0.4, 0.5) is 0 Å². The van der Waals surface area contributed by atoms with E-state index < -0.39 is 5.97 Å². The first-order valence-electron chi connectivity index (χ1n) is 9.40. The van der Waals surface area contributed by atoms with E-state index in [9.17, 15) is 9.59 Å². The first kappa shape index (κ1) is 16.6. The number of hydrogen-bond acceptors (Lipinski definition) is 4. The smallest absolute Gasteiger partial charge is 0.338 e. The molecule has 0 aromatic carbocycles. The summed E-state index contributed by atoms with van der Waals surface area (Å²) in [5, 5.41) is 3.12. The Hall–Kier alpha value is -1.91. The number of rotatable bonds is 5. The lowest BCUT2D eigenvalue weighted by Gasteiger charge is -2.59. The van der Waals surface area contributed by atoms with Gasteiger partial charge in [-0.3, -0.25) is 9.78 Å². The first-order chi connectivity index (χ1) is 12.0. The Bertz CT molecular complexity index is 623. The average Bonchev–Trinajstić information content (AvgIpc) is 2.59. The van der Waals surface area contributed by atoms with Crippen LogP contribution in [0.15, 0.2) is 24.5 Å².